The summed E-state index contributed by atoms with van der Waals surface area (Å²) in [5.41, 5.74) is 0. The van der Waals surface area contributed by atoms with Gasteiger partial charge in [0.25, 0.3) is 0 Å². The van der Waals surface area contributed by atoms with Gasteiger partial charge in [0.15, 0.2) is 0 Å². The molecule has 1 saturated heterocycles. The van der Waals surface area contributed by atoms with Gasteiger partial charge in [-0.1, -0.05) is 34.6 Å². The van der Waals surface area contributed by atoms with Gasteiger partial charge in [0.2, 0.25) is 0 Å². The number of hydrogen-bond acceptors (Lipinski definition) is 1. The second-order valence-corrected chi connectivity index (χ2v) is 3.19. The molecule has 1 N–H and O–H groups in total. The average Bonchev–Trinajstić information content (AvgIpc) is 2.44. The highest BCUT2D eigenvalue weighted by Gasteiger charge is 1.93. The van der Waals surface area contributed by atoms with Crippen molar-refractivity contribution in [1.82, 2.24) is 5.32 Å². The van der Waals surface area contributed by atoms with Gasteiger partial charge in [-0.05, 0) is 31.8 Å². The lowest BCUT2D eigenvalue weighted by molar-refractivity contribution is 0.737. The molecule has 1 fully saturated rings. The van der Waals surface area contributed by atoms with Crippen LogP contribution in [0.5, 0.6) is 0 Å². The van der Waals surface area contributed by atoms with Crippen LogP contribution in [0.1, 0.15) is 47.5 Å². The van der Waals surface area contributed by atoms with Crippen LogP contribution in [-0.4, -0.2) is 13.1 Å². The fourth-order valence-corrected chi connectivity index (χ4v) is 0.625. The largest absolute Gasteiger partial charge is 0.317 e. The van der Waals surface area contributed by atoms with E-state index in [-0.39, 0.29) is 0 Å². The topological polar surface area (TPSA) is 12.0 Å². The molecule has 1 heterocycles. The molecule has 1 aliphatic heterocycles. The van der Waals surface area contributed by atoms with E-state index in [1.54, 1.807) is 0 Å². The Kier molecular flexibility index (Phi) is 15.5. The minimum Gasteiger partial charge on any atom is -0.317 e. The first kappa shape index (κ1) is 13.5. The summed E-state index contributed by atoms with van der Waals surface area (Å²) < 4.78 is 0. The van der Waals surface area contributed by atoms with Crippen molar-refractivity contribution in [3.8, 4) is 0 Å². The average molecular weight is 159 g/mol. The van der Waals surface area contributed by atoms with Crippen molar-refractivity contribution in [1.29, 1.82) is 0 Å². The molecule has 1 nitrogen and oxygen atoms in total. The van der Waals surface area contributed by atoms with E-state index in [0.717, 1.165) is 5.92 Å². The zero-order valence-electron chi connectivity index (χ0n) is 8.91. The van der Waals surface area contributed by atoms with Crippen LogP contribution in [0.4, 0.5) is 0 Å². The van der Waals surface area contributed by atoms with Crippen LogP contribution in [0, 0.1) is 5.92 Å². The standard InChI is InChI=1S/C4H9N.C4H10.C2H6/c1-2-4-5-3-1;1-4(2)3;1-2/h5H,1-4H2;4H,1-3H3;1-2H3. The summed E-state index contributed by atoms with van der Waals surface area (Å²) in [5, 5.41) is 3.22. The molecule has 0 unspecified atom stereocenters. The summed E-state index contributed by atoms with van der Waals surface area (Å²) >= 11 is 0. The van der Waals surface area contributed by atoms with Crippen molar-refractivity contribution in [2.75, 3.05) is 13.1 Å². The smallest absolute Gasteiger partial charge is 0.00484 e. The van der Waals surface area contributed by atoms with E-state index in [0.29, 0.717) is 0 Å². The summed E-state index contributed by atoms with van der Waals surface area (Å²) in [6.45, 7) is 13.0. The summed E-state index contributed by atoms with van der Waals surface area (Å²) in [6.07, 6.45) is 2.78. The van der Waals surface area contributed by atoms with Gasteiger partial charge in [-0.2, -0.15) is 0 Å². The van der Waals surface area contributed by atoms with Crippen LogP contribution < -0.4 is 5.32 Å². The predicted molar refractivity (Wildman–Crippen MR) is 54.0 cm³/mol. The molecule has 0 atom stereocenters. The maximum absolute atomic E-state index is 3.22. The van der Waals surface area contributed by atoms with Crippen molar-refractivity contribution in [2.24, 2.45) is 5.92 Å². The quantitative estimate of drug-likeness (QED) is 0.573. The summed E-state index contributed by atoms with van der Waals surface area (Å²) in [5.74, 6) is 0.833. The van der Waals surface area contributed by atoms with Crippen LogP contribution in [0.25, 0.3) is 0 Å². The number of nitrogens with one attached hydrogen (secondary N) is 1. The maximum atomic E-state index is 3.22. The van der Waals surface area contributed by atoms with E-state index >= 15 is 0 Å². The third-order valence-corrected chi connectivity index (χ3v) is 0.957. The highest BCUT2D eigenvalue weighted by atomic mass is 14.9. The molecule has 11 heavy (non-hydrogen) atoms. The molecule has 1 rings (SSSR count). The Balaban J connectivity index is 0. The molecule has 0 amide bonds. The van der Waals surface area contributed by atoms with E-state index in [1.807, 2.05) is 13.8 Å². The van der Waals surface area contributed by atoms with Gasteiger partial charge in [0, 0.05) is 0 Å². The lowest BCUT2D eigenvalue weighted by Crippen LogP contribution is -2.03. The van der Waals surface area contributed by atoms with Crippen molar-refractivity contribution >= 4 is 0 Å². The molecule has 0 spiro atoms. The molecule has 0 bridgehead atoms. The molecule has 70 valence electrons. The van der Waals surface area contributed by atoms with E-state index in [9.17, 15) is 0 Å². The number of hydrogen-bond donors (Lipinski definition) is 1. The molecule has 0 aromatic carbocycles. The van der Waals surface area contributed by atoms with Crippen molar-refractivity contribution in [2.45, 2.75) is 47.5 Å². The Hall–Kier alpha value is -0.0400. The third-order valence-electron chi connectivity index (χ3n) is 0.957. The van der Waals surface area contributed by atoms with Crippen molar-refractivity contribution in [3.63, 3.8) is 0 Å². The van der Waals surface area contributed by atoms with E-state index in [4.69, 9.17) is 0 Å². The SMILES string of the molecule is C1CCNC1.CC.CC(C)C. The van der Waals surface area contributed by atoms with Crippen LogP contribution >= 0.6 is 0 Å². The second kappa shape index (κ2) is 12.6. The van der Waals surface area contributed by atoms with Gasteiger partial charge in [0.05, 0.1) is 0 Å². The zero-order valence-corrected chi connectivity index (χ0v) is 8.91. The van der Waals surface area contributed by atoms with Crippen molar-refractivity contribution < 1.29 is 0 Å². The first-order chi connectivity index (χ1) is 5.23. The highest BCUT2D eigenvalue weighted by Crippen LogP contribution is 1.90. The minimum atomic E-state index is 0.833. The van der Waals surface area contributed by atoms with Gasteiger partial charge in [-0.3, -0.25) is 0 Å². The molecular weight excluding hydrogens is 134 g/mol. The fourth-order valence-electron chi connectivity index (χ4n) is 0.625. The van der Waals surface area contributed by atoms with Crippen LogP contribution in [0.2, 0.25) is 0 Å². The minimum absolute atomic E-state index is 0.833. The Morgan fingerprint density at radius 3 is 1.27 bits per heavy atom. The molecule has 0 aromatic heterocycles. The first-order valence-electron chi connectivity index (χ1n) is 4.94. The van der Waals surface area contributed by atoms with E-state index < -0.39 is 0 Å². The molecule has 1 aliphatic rings. The summed E-state index contributed by atoms with van der Waals surface area (Å²) in [7, 11) is 0. The first-order valence-corrected chi connectivity index (χ1v) is 4.94. The molecule has 0 radical (unpaired) electrons. The van der Waals surface area contributed by atoms with Crippen LogP contribution in [0.15, 0.2) is 0 Å². The Morgan fingerprint density at radius 2 is 1.18 bits per heavy atom. The van der Waals surface area contributed by atoms with E-state index in [2.05, 4.69) is 26.1 Å². The van der Waals surface area contributed by atoms with Gasteiger partial charge in [-0.15, -0.1) is 0 Å². The van der Waals surface area contributed by atoms with Gasteiger partial charge in [0.1, 0.15) is 0 Å². The predicted octanol–water partition coefficient (Wildman–Crippen LogP) is 3.06. The maximum Gasteiger partial charge on any atom is -0.00484 e. The lowest BCUT2D eigenvalue weighted by atomic mass is 10.3. The zero-order chi connectivity index (χ0) is 9.11. The number of rotatable bonds is 0. The molecule has 0 saturated carbocycles. The van der Waals surface area contributed by atoms with Crippen LogP contribution in [0.3, 0.4) is 0 Å². The van der Waals surface area contributed by atoms with E-state index in [1.165, 1.54) is 25.9 Å². The van der Waals surface area contributed by atoms with Crippen LogP contribution in [-0.2, 0) is 0 Å². The molecule has 0 aliphatic carbocycles. The normalized spacial score (nSPS) is 14.7. The van der Waals surface area contributed by atoms with Gasteiger partial charge >= 0.3 is 0 Å². The van der Waals surface area contributed by atoms with Gasteiger partial charge < -0.3 is 5.32 Å². The Bertz CT molecular complexity index is 36.5. The summed E-state index contributed by atoms with van der Waals surface area (Å²) in [6, 6.07) is 0. The molecule has 1 heteroatoms. The Labute approximate surface area is 72.6 Å². The third kappa shape index (κ3) is 25.7. The van der Waals surface area contributed by atoms with Gasteiger partial charge in [-0.25, -0.2) is 0 Å². The Morgan fingerprint density at radius 1 is 0.909 bits per heavy atom. The lowest BCUT2D eigenvalue weighted by Gasteiger charge is -1.79. The monoisotopic (exact) mass is 159 g/mol. The highest BCUT2D eigenvalue weighted by molar-refractivity contribution is 4.55. The second-order valence-electron chi connectivity index (χ2n) is 3.19. The molecular formula is C10H25N. The summed E-state index contributed by atoms with van der Waals surface area (Å²) in [4.78, 5) is 0. The fraction of sp³-hybridized carbons (Fsp3) is 1.00. The van der Waals surface area contributed by atoms with Crippen molar-refractivity contribution in [3.05, 3.63) is 0 Å². The molecule has 0 aromatic rings.